The third kappa shape index (κ3) is 1.75. The zero-order chi connectivity index (χ0) is 9.97. The SMILES string of the molecule is Cc1nc(Cl)ccc1-c1cccnc1. The van der Waals surface area contributed by atoms with Crippen molar-refractivity contribution in [3.8, 4) is 11.1 Å². The molecule has 0 radical (unpaired) electrons. The number of nitrogens with zero attached hydrogens (tertiary/aromatic N) is 2. The molecule has 0 bridgehead atoms. The first kappa shape index (κ1) is 9.16. The van der Waals surface area contributed by atoms with E-state index in [1.807, 2.05) is 31.3 Å². The zero-order valence-corrected chi connectivity index (χ0v) is 8.49. The summed E-state index contributed by atoms with van der Waals surface area (Å²) in [4.78, 5) is 8.25. The van der Waals surface area contributed by atoms with Crippen LogP contribution in [0.25, 0.3) is 11.1 Å². The van der Waals surface area contributed by atoms with E-state index < -0.39 is 0 Å². The van der Waals surface area contributed by atoms with Crippen molar-refractivity contribution in [1.29, 1.82) is 0 Å². The number of rotatable bonds is 1. The Morgan fingerprint density at radius 1 is 1.21 bits per heavy atom. The summed E-state index contributed by atoms with van der Waals surface area (Å²) in [5, 5.41) is 0.523. The minimum absolute atomic E-state index is 0.523. The van der Waals surface area contributed by atoms with E-state index >= 15 is 0 Å². The van der Waals surface area contributed by atoms with Crippen LogP contribution in [0.3, 0.4) is 0 Å². The average molecular weight is 205 g/mol. The first-order chi connectivity index (χ1) is 6.77. The van der Waals surface area contributed by atoms with Crippen molar-refractivity contribution < 1.29 is 0 Å². The lowest BCUT2D eigenvalue weighted by Gasteiger charge is -2.04. The lowest BCUT2D eigenvalue weighted by molar-refractivity contribution is 1.20. The van der Waals surface area contributed by atoms with Crippen LogP contribution in [0.15, 0.2) is 36.7 Å². The molecule has 70 valence electrons. The molecule has 0 saturated carbocycles. The Kier molecular flexibility index (Phi) is 2.46. The quantitative estimate of drug-likeness (QED) is 0.667. The van der Waals surface area contributed by atoms with Crippen molar-refractivity contribution in [3.05, 3.63) is 47.5 Å². The van der Waals surface area contributed by atoms with Crippen LogP contribution in [0, 0.1) is 6.92 Å². The molecule has 0 atom stereocenters. The number of aryl methyl sites for hydroxylation is 1. The lowest BCUT2D eigenvalue weighted by Crippen LogP contribution is -1.88. The predicted molar refractivity (Wildman–Crippen MR) is 57.2 cm³/mol. The van der Waals surface area contributed by atoms with Gasteiger partial charge in [0.25, 0.3) is 0 Å². The van der Waals surface area contributed by atoms with E-state index in [1.165, 1.54) is 0 Å². The molecule has 0 amide bonds. The Labute approximate surface area is 87.6 Å². The van der Waals surface area contributed by atoms with Crippen LogP contribution in [0.4, 0.5) is 0 Å². The third-order valence-corrected chi connectivity index (χ3v) is 2.23. The largest absolute Gasteiger partial charge is 0.264 e. The van der Waals surface area contributed by atoms with Crippen LogP contribution >= 0.6 is 11.6 Å². The molecule has 2 nitrogen and oxygen atoms in total. The fraction of sp³-hybridized carbons (Fsp3) is 0.0909. The van der Waals surface area contributed by atoms with Gasteiger partial charge in [-0.25, -0.2) is 4.98 Å². The molecule has 3 heteroatoms. The summed E-state index contributed by atoms with van der Waals surface area (Å²) in [6.07, 6.45) is 3.57. The Bertz CT molecular complexity index is 440. The first-order valence-electron chi connectivity index (χ1n) is 4.31. The van der Waals surface area contributed by atoms with Crippen LogP contribution in [-0.4, -0.2) is 9.97 Å². The van der Waals surface area contributed by atoms with Crippen LogP contribution < -0.4 is 0 Å². The summed E-state index contributed by atoms with van der Waals surface area (Å²) in [6, 6.07) is 7.66. The van der Waals surface area contributed by atoms with Gasteiger partial charge in [0, 0.05) is 29.2 Å². The Hall–Kier alpha value is -1.41. The fourth-order valence-corrected chi connectivity index (χ4v) is 1.55. The summed E-state index contributed by atoms with van der Waals surface area (Å²) in [7, 11) is 0. The molecule has 0 aliphatic heterocycles. The molecule has 2 aromatic rings. The molecule has 0 saturated heterocycles. The Morgan fingerprint density at radius 3 is 2.71 bits per heavy atom. The van der Waals surface area contributed by atoms with Crippen molar-refractivity contribution in [1.82, 2.24) is 9.97 Å². The second-order valence-corrected chi connectivity index (χ2v) is 3.40. The summed E-state index contributed by atoms with van der Waals surface area (Å²) in [5.41, 5.74) is 3.06. The van der Waals surface area contributed by atoms with Gasteiger partial charge in [-0.1, -0.05) is 17.7 Å². The van der Waals surface area contributed by atoms with Gasteiger partial charge in [0.2, 0.25) is 0 Å². The molecule has 0 unspecified atom stereocenters. The maximum Gasteiger partial charge on any atom is 0.129 e. The van der Waals surface area contributed by atoms with Gasteiger partial charge in [-0.15, -0.1) is 0 Å². The smallest absolute Gasteiger partial charge is 0.129 e. The monoisotopic (exact) mass is 204 g/mol. The minimum Gasteiger partial charge on any atom is -0.264 e. The highest BCUT2D eigenvalue weighted by molar-refractivity contribution is 6.29. The van der Waals surface area contributed by atoms with Crippen molar-refractivity contribution in [2.75, 3.05) is 0 Å². The molecule has 0 fully saturated rings. The molecule has 0 aliphatic carbocycles. The third-order valence-electron chi connectivity index (χ3n) is 2.02. The van der Waals surface area contributed by atoms with Gasteiger partial charge >= 0.3 is 0 Å². The number of pyridine rings is 2. The summed E-state index contributed by atoms with van der Waals surface area (Å²) < 4.78 is 0. The van der Waals surface area contributed by atoms with Crippen molar-refractivity contribution in [2.24, 2.45) is 0 Å². The fourth-order valence-electron chi connectivity index (χ4n) is 1.36. The average Bonchev–Trinajstić information content (AvgIpc) is 2.19. The molecule has 2 aromatic heterocycles. The molecule has 0 spiro atoms. The minimum atomic E-state index is 0.523. The van der Waals surface area contributed by atoms with Gasteiger partial charge in [0.1, 0.15) is 5.15 Å². The van der Waals surface area contributed by atoms with Crippen molar-refractivity contribution >= 4 is 11.6 Å². The van der Waals surface area contributed by atoms with Crippen molar-refractivity contribution in [3.63, 3.8) is 0 Å². The molecule has 0 aliphatic rings. The maximum absolute atomic E-state index is 5.78. The highest BCUT2D eigenvalue weighted by Gasteiger charge is 2.02. The highest BCUT2D eigenvalue weighted by Crippen LogP contribution is 2.22. The molecule has 14 heavy (non-hydrogen) atoms. The van der Waals surface area contributed by atoms with Crippen LogP contribution in [0.5, 0.6) is 0 Å². The van der Waals surface area contributed by atoms with Crippen LogP contribution in [-0.2, 0) is 0 Å². The Balaban J connectivity index is 2.53. The van der Waals surface area contributed by atoms with Gasteiger partial charge in [-0.2, -0.15) is 0 Å². The molecular formula is C11H9ClN2. The molecule has 0 N–H and O–H groups in total. The second-order valence-electron chi connectivity index (χ2n) is 3.01. The Morgan fingerprint density at radius 2 is 2.07 bits per heavy atom. The van der Waals surface area contributed by atoms with E-state index in [4.69, 9.17) is 11.6 Å². The van der Waals surface area contributed by atoms with Gasteiger partial charge in [0.05, 0.1) is 0 Å². The lowest BCUT2D eigenvalue weighted by atomic mass is 10.1. The number of hydrogen-bond donors (Lipinski definition) is 0. The van der Waals surface area contributed by atoms with E-state index in [1.54, 1.807) is 12.3 Å². The standard InChI is InChI=1S/C11H9ClN2/c1-8-10(4-5-11(12)14-8)9-3-2-6-13-7-9/h2-7H,1H3. The number of halogens is 1. The summed E-state index contributed by atoms with van der Waals surface area (Å²) in [5.74, 6) is 0. The van der Waals surface area contributed by atoms with E-state index in [0.717, 1.165) is 16.8 Å². The second kappa shape index (κ2) is 3.76. The van der Waals surface area contributed by atoms with E-state index in [9.17, 15) is 0 Å². The number of hydrogen-bond acceptors (Lipinski definition) is 2. The molecule has 2 heterocycles. The summed E-state index contributed by atoms with van der Waals surface area (Å²) in [6.45, 7) is 1.94. The van der Waals surface area contributed by atoms with Crippen LogP contribution in [0.2, 0.25) is 5.15 Å². The van der Waals surface area contributed by atoms with Gasteiger partial charge in [-0.05, 0) is 25.1 Å². The number of aromatic nitrogens is 2. The zero-order valence-electron chi connectivity index (χ0n) is 7.74. The van der Waals surface area contributed by atoms with Gasteiger partial charge in [0.15, 0.2) is 0 Å². The predicted octanol–water partition coefficient (Wildman–Crippen LogP) is 3.11. The first-order valence-corrected chi connectivity index (χ1v) is 4.69. The van der Waals surface area contributed by atoms with Crippen molar-refractivity contribution in [2.45, 2.75) is 6.92 Å². The van der Waals surface area contributed by atoms with E-state index in [2.05, 4.69) is 9.97 Å². The topological polar surface area (TPSA) is 25.8 Å². The van der Waals surface area contributed by atoms with Gasteiger partial charge in [-0.3, -0.25) is 4.98 Å². The molecule has 2 rings (SSSR count). The van der Waals surface area contributed by atoms with E-state index in [0.29, 0.717) is 5.15 Å². The van der Waals surface area contributed by atoms with Gasteiger partial charge < -0.3 is 0 Å². The van der Waals surface area contributed by atoms with Crippen LogP contribution in [0.1, 0.15) is 5.69 Å². The summed E-state index contributed by atoms with van der Waals surface area (Å²) >= 11 is 5.78. The molecular weight excluding hydrogens is 196 g/mol. The van der Waals surface area contributed by atoms with E-state index in [-0.39, 0.29) is 0 Å². The maximum atomic E-state index is 5.78. The normalized spacial score (nSPS) is 10.1. The highest BCUT2D eigenvalue weighted by atomic mass is 35.5. The molecule has 0 aromatic carbocycles.